The quantitative estimate of drug-likeness (QED) is 0.632. The molecule has 4 aliphatic rings. The van der Waals surface area contributed by atoms with Gasteiger partial charge in [-0.25, -0.2) is 4.98 Å². The van der Waals surface area contributed by atoms with Crippen molar-refractivity contribution in [3.8, 4) is 0 Å². The Balaban J connectivity index is 1.09. The van der Waals surface area contributed by atoms with Gasteiger partial charge in [0.2, 0.25) is 5.95 Å². The van der Waals surface area contributed by atoms with Gasteiger partial charge < -0.3 is 15.8 Å². The van der Waals surface area contributed by atoms with Crippen LogP contribution in [0.5, 0.6) is 0 Å². The van der Waals surface area contributed by atoms with Crippen molar-refractivity contribution in [2.75, 3.05) is 18.9 Å². The van der Waals surface area contributed by atoms with E-state index >= 15 is 0 Å². The number of rotatable bonds is 7. The van der Waals surface area contributed by atoms with Crippen LogP contribution in [0.25, 0.3) is 5.78 Å². The molecule has 2 aromatic rings. The Morgan fingerprint density at radius 3 is 2.44 bits per heavy atom. The van der Waals surface area contributed by atoms with Gasteiger partial charge in [0.25, 0.3) is 11.7 Å². The molecule has 0 atom stereocenters. The minimum atomic E-state index is -0.396. The van der Waals surface area contributed by atoms with Gasteiger partial charge in [0.15, 0.2) is 6.61 Å². The van der Waals surface area contributed by atoms with E-state index < -0.39 is 5.97 Å². The number of aryl methyl sites for hydroxylation is 2. The van der Waals surface area contributed by atoms with E-state index in [-0.39, 0.29) is 30.3 Å². The minimum Gasteiger partial charge on any atom is -0.456 e. The van der Waals surface area contributed by atoms with E-state index in [0.29, 0.717) is 12.2 Å². The number of nitrogens with zero attached hydrogens (tertiary/aromatic N) is 4. The largest absolute Gasteiger partial charge is 0.456 e. The second-order valence-electron chi connectivity index (χ2n) is 10.3. The summed E-state index contributed by atoms with van der Waals surface area (Å²) >= 11 is 0. The van der Waals surface area contributed by atoms with Gasteiger partial charge in [-0.15, -0.1) is 5.10 Å². The highest BCUT2D eigenvalue weighted by Gasteiger charge is 2.50. The van der Waals surface area contributed by atoms with E-state index in [2.05, 4.69) is 20.4 Å². The number of aromatic nitrogens is 4. The lowest BCUT2D eigenvalue weighted by Crippen LogP contribution is -2.51. The van der Waals surface area contributed by atoms with Crippen LogP contribution in [0.3, 0.4) is 0 Å². The van der Waals surface area contributed by atoms with Gasteiger partial charge in [-0.1, -0.05) is 0 Å². The predicted octanol–water partition coefficient (Wildman–Crippen LogP) is 2.13. The Morgan fingerprint density at radius 2 is 1.78 bits per heavy atom. The highest BCUT2D eigenvalue weighted by atomic mass is 16.5. The highest BCUT2D eigenvalue weighted by Crippen LogP contribution is 2.59. The smallest absolute Gasteiger partial charge is 0.306 e. The number of nitrogens with two attached hydrogens (primary N) is 1. The molecule has 6 rings (SSSR count). The van der Waals surface area contributed by atoms with Crippen LogP contribution in [-0.4, -0.2) is 44.6 Å². The van der Waals surface area contributed by atoms with Crippen molar-refractivity contribution in [2.45, 2.75) is 65.2 Å². The zero-order valence-electron chi connectivity index (χ0n) is 18.9. The number of carbonyl (C=O) groups is 2. The Morgan fingerprint density at radius 1 is 1.12 bits per heavy atom. The summed E-state index contributed by atoms with van der Waals surface area (Å²) in [5.41, 5.74) is 8.47. The van der Waals surface area contributed by atoms with Crippen LogP contribution >= 0.6 is 0 Å². The average Bonchev–Trinajstić information content (AvgIpc) is 3.10. The lowest BCUT2D eigenvalue weighted by atomic mass is 9.49. The maximum atomic E-state index is 12.3. The molecule has 0 spiro atoms. The Kier molecular flexibility index (Phi) is 5.29. The van der Waals surface area contributed by atoms with Gasteiger partial charge in [0.1, 0.15) is 0 Å². The monoisotopic (exact) mass is 440 g/mol. The molecular weight excluding hydrogens is 408 g/mol. The van der Waals surface area contributed by atoms with Crippen LogP contribution in [-0.2, 0) is 20.7 Å². The van der Waals surface area contributed by atoms with Gasteiger partial charge in [-0.3, -0.25) is 9.59 Å². The number of fused-ring (bicyclic) bond motifs is 1. The van der Waals surface area contributed by atoms with Crippen LogP contribution in [0.1, 0.15) is 61.9 Å². The van der Waals surface area contributed by atoms with Gasteiger partial charge in [0.05, 0.1) is 0 Å². The Labute approximate surface area is 187 Å². The van der Waals surface area contributed by atoms with Crippen LogP contribution in [0.15, 0.2) is 0 Å². The number of nitrogens with one attached hydrogen (secondary N) is 1. The molecule has 3 N–H and O–H groups in total. The lowest BCUT2D eigenvalue weighted by Gasteiger charge is -2.56. The summed E-state index contributed by atoms with van der Waals surface area (Å²) in [6.45, 7) is 4.27. The van der Waals surface area contributed by atoms with Crippen molar-refractivity contribution < 1.29 is 14.3 Å². The topological polar surface area (TPSA) is 124 Å². The molecule has 9 nitrogen and oxygen atoms in total. The zero-order chi connectivity index (χ0) is 22.5. The van der Waals surface area contributed by atoms with Crippen molar-refractivity contribution in [3.05, 3.63) is 17.0 Å². The molecule has 1 amide bonds. The van der Waals surface area contributed by atoms with Crippen molar-refractivity contribution in [1.82, 2.24) is 24.9 Å². The number of hydrogen-bond acceptors (Lipinski definition) is 7. The summed E-state index contributed by atoms with van der Waals surface area (Å²) < 4.78 is 6.83. The maximum absolute atomic E-state index is 12.3. The third kappa shape index (κ3) is 4.04. The standard InChI is InChI=1S/C23H32N6O3/c1-13-18(14(2)29-22(26-13)27-21(24)28-29)3-4-20(31)32-11-19(30)25-12-23-8-15-5-16(9-23)7-17(6-15)10-23/h15-17H,3-12H2,1-2H3,(H2,24,28)(H,25,30). The van der Waals surface area contributed by atoms with Crippen LogP contribution in [0.4, 0.5) is 5.95 Å². The van der Waals surface area contributed by atoms with E-state index in [0.717, 1.165) is 41.2 Å². The Hall–Kier alpha value is -2.71. The average molecular weight is 441 g/mol. The van der Waals surface area contributed by atoms with Crippen molar-refractivity contribution in [2.24, 2.45) is 23.2 Å². The second kappa shape index (κ2) is 8.01. The molecule has 4 saturated carbocycles. The van der Waals surface area contributed by atoms with Gasteiger partial charge in [-0.2, -0.15) is 9.50 Å². The first kappa shape index (κ1) is 21.2. The second-order valence-corrected chi connectivity index (χ2v) is 10.3. The number of amides is 1. The number of anilines is 1. The minimum absolute atomic E-state index is 0.163. The maximum Gasteiger partial charge on any atom is 0.306 e. The van der Waals surface area contributed by atoms with E-state index in [1.807, 2.05) is 13.8 Å². The molecule has 32 heavy (non-hydrogen) atoms. The molecule has 4 fully saturated rings. The van der Waals surface area contributed by atoms with Gasteiger partial charge >= 0.3 is 5.97 Å². The molecule has 172 valence electrons. The van der Waals surface area contributed by atoms with Crippen LogP contribution in [0, 0.1) is 37.0 Å². The number of ether oxygens (including phenoxy) is 1. The molecule has 0 aliphatic heterocycles. The summed E-state index contributed by atoms with van der Waals surface area (Å²) in [5, 5.41) is 7.19. The van der Waals surface area contributed by atoms with E-state index in [1.165, 1.54) is 38.5 Å². The van der Waals surface area contributed by atoms with Crippen LogP contribution < -0.4 is 11.1 Å². The number of hydrogen-bond donors (Lipinski definition) is 2. The molecule has 0 saturated heterocycles. The van der Waals surface area contributed by atoms with Crippen molar-refractivity contribution in [3.63, 3.8) is 0 Å². The fraction of sp³-hybridized carbons (Fsp3) is 0.696. The molecule has 2 aromatic heterocycles. The SMILES string of the molecule is Cc1nc2nc(N)nn2c(C)c1CCC(=O)OCC(=O)NCC12CC3CC(CC(C3)C1)C2. The lowest BCUT2D eigenvalue weighted by molar-refractivity contribution is -0.148. The number of carbonyl (C=O) groups excluding carboxylic acids is 2. The third-order valence-electron chi connectivity index (χ3n) is 7.83. The molecule has 4 aliphatic carbocycles. The molecule has 4 bridgehead atoms. The van der Waals surface area contributed by atoms with E-state index in [1.54, 1.807) is 4.52 Å². The van der Waals surface area contributed by atoms with Gasteiger partial charge in [-0.05, 0) is 87.5 Å². The molecule has 9 heteroatoms. The first-order chi connectivity index (χ1) is 15.3. The van der Waals surface area contributed by atoms with E-state index in [4.69, 9.17) is 10.5 Å². The first-order valence-electron chi connectivity index (χ1n) is 11.7. The molecule has 2 heterocycles. The summed E-state index contributed by atoms with van der Waals surface area (Å²) in [6, 6.07) is 0. The normalized spacial score (nSPS) is 28.2. The molecule has 0 unspecified atom stereocenters. The third-order valence-corrected chi connectivity index (χ3v) is 7.83. The summed E-state index contributed by atoms with van der Waals surface area (Å²) in [5.74, 6) is 2.56. The predicted molar refractivity (Wildman–Crippen MR) is 118 cm³/mol. The number of esters is 1. The fourth-order valence-corrected chi connectivity index (χ4v) is 6.87. The summed E-state index contributed by atoms with van der Waals surface area (Å²) in [4.78, 5) is 33.1. The van der Waals surface area contributed by atoms with Crippen LogP contribution in [0.2, 0.25) is 0 Å². The summed E-state index contributed by atoms with van der Waals surface area (Å²) in [6.07, 6.45) is 8.51. The zero-order valence-corrected chi connectivity index (χ0v) is 18.9. The number of nitrogen functional groups attached to an aromatic ring is 1. The molecule has 0 aromatic carbocycles. The van der Waals surface area contributed by atoms with Crippen molar-refractivity contribution in [1.29, 1.82) is 0 Å². The summed E-state index contributed by atoms with van der Waals surface area (Å²) in [7, 11) is 0. The van der Waals surface area contributed by atoms with Crippen molar-refractivity contribution >= 4 is 23.6 Å². The van der Waals surface area contributed by atoms with E-state index in [9.17, 15) is 9.59 Å². The highest BCUT2D eigenvalue weighted by molar-refractivity contribution is 5.80. The first-order valence-corrected chi connectivity index (χ1v) is 11.7. The fourth-order valence-electron chi connectivity index (χ4n) is 6.87. The molecular formula is C23H32N6O3. The Bertz CT molecular complexity index is 1030. The van der Waals surface area contributed by atoms with Gasteiger partial charge in [0, 0.05) is 24.4 Å². The molecule has 0 radical (unpaired) electrons.